The predicted octanol–water partition coefficient (Wildman–Crippen LogP) is 6.20. The van der Waals surface area contributed by atoms with Crippen molar-refractivity contribution in [1.29, 1.82) is 0 Å². The molecule has 0 spiro atoms. The molecule has 0 aromatic heterocycles. The fourth-order valence-corrected chi connectivity index (χ4v) is 4.77. The monoisotopic (exact) mass is 434 g/mol. The Balaban J connectivity index is 1.54. The van der Waals surface area contributed by atoms with Gasteiger partial charge in [-0.3, -0.25) is 4.79 Å². The van der Waals surface area contributed by atoms with E-state index in [1.165, 1.54) is 10.8 Å². The normalized spacial score (nSPS) is 13.9. The average molecular weight is 435 g/mol. The van der Waals surface area contributed by atoms with Gasteiger partial charge < -0.3 is 0 Å². The first-order valence-corrected chi connectivity index (χ1v) is 11.5. The molecule has 0 radical (unpaired) electrons. The summed E-state index contributed by atoms with van der Waals surface area (Å²) in [6, 6.07) is 37.5. The summed E-state index contributed by atoms with van der Waals surface area (Å²) in [6.07, 6.45) is 7.82. The minimum absolute atomic E-state index is 0.0321. The molecule has 1 aliphatic rings. The smallest absolute Gasteiger partial charge is 0.186 e. The van der Waals surface area contributed by atoms with Crippen molar-refractivity contribution < 1.29 is 4.79 Å². The third-order valence-electron chi connectivity index (χ3n) is 6.45. The SMILES string of the molecule is O=C1C=c2c(ccc3ccc4ccccc4c23)=C/C1=C\C=C(c1ccccc1)c1ccccc1. The van der Waals surface area contributed by atoms with Gasteiger partial charge in [-0.05, 0) is 60.8 Å². The predicted molar refractivity (Wildman–Crippen MR) is 143 cm³/mol. The van der Waals surface area contributed by atoms with Crippen LogP contribution in [0.3, 0.4) is 0 Å². The Bertz CT molecular complexity index is 1700. The van der Waals surface area contributed by atoms with Crippen molar-refractivity contribution in [3.63, 3.8) is 0 Å². The van der Waals surface area contributed by atoms with E-state index in [9.17, 15) is 4.79 Å². The number of allylic oxidation sites excluding steroid dienone is 3. The van der Waals surface area contributed by atoms with Crippen LogP contribution in [-0.2, 0) is 4.79 Å². The third-order valence-corrected chi connectivity index (χ3v) is 6.45. The van der Waals surface area contributed by atoms with E-state index >= 15 is 0 Å². The topological polar surface area (TPSA) is 17.1 Å². The van der Waals surface area contributed by atoms with Crippen molar-refractivity contribution in [2.45, 2.75) is 0 Å². The van der Waals surface area contributed by atoms with Gasteiger partial charge >= 0.3 is 0 Å². The van der Waals surface area contributed by atoms with Crippen LogP contribution in [0.1, 0.15) is 11.1 Å². The molecule has 5 aromatic rings. The number of fused-ring (bicyclic) bond motifs is 5. The van der Waals surface area contributed by atoms with E-state index in [2.05, 4.69) is 78.9 Å². The van der Waals surface area contributed by atoms with Gasteiger partial charge in [-0.15, -0.1) is 0 Å². The van der Waals surface area contributed by atoms with E-state index < -0.39 is 0 Å². The summed E-state index contributed by atoms with van der Waals surface area (Å²) in [5.74, 6) is 0.0321. The second-order valence-electron chi connectivity index (χ2n) is 8.54. The Morgan fingerprint density at radius 1 is 0.588 bits per heavy atom. The van der Waals surface area contributed by atoms with Crippen molar-refractivity contribution >= 4 is 45.1 Å². The summed E-state index contributed by atoms with van der Waals surface area (Å²) in [5.41, 5.74) is 4.02. The fourth-order valence-electron chi connectivity index (χ4n) is 4.77. The summed E-state index contributed by atoms with van der Waals surface area (Å²) in [6.45, 7) is 0. The molecule has 0 saturated carbocycles. The maximum atomic E-state index is 13.2. The van der Waals surface area contributed by atoms with Gasteiger partial charge in [0.2, 0.25) is 0 Å². The van der Waals surface area contributed by atoms with Gasteiger partial charge in [-0.1, -0.05) is 121 Å². The molecule has 0 atom stereocenters. The number of carbonyl (C=O) groups is 1. The van der Waals surface area contributed by atoms with E-state index in [1.54, 1.807) is 6.08 Å². The first-order valence-electron chi connectivity index (χ1n) is 11.5. The Kier molecular flexibility index (Phi) is 5.01. The lowest BCUT2D eigenvalue weighted by molar-refractivity contribution is -0.109. The lowest BCUT2D eigenvalue weighted by Gasteiger charge is -2.10. The molecule has 0 amide bonds. The quantitative estimate of drug-likeness (QED) is 0.244. The van der Waals surface area contributed by atoms with Crippen molar-refractivity contribution in [3.05, 3.63) is 148 Å². The van der Waals surface area contributed by atoms with Crippen LogP contribution in [-0.4, -0.2) is 5.78 Å². The average Bonchev–Trinajstić information content (AvgIpc) is 2.90. The van der Waals surface area contributed by atoms with Crippen LogP contribution in [0.5, 0.6) is 0 Å². The van der Waals surface area contributed by atoms with Crippen LogP contribution >= 0.6 is 0 Å². The number of hydrogen-bond donors (Lipinski definition) is 0. The molecule has 0 bridgehead atoms. The maximum Gasteiger partial charge on any atom is 0.186 e. The third kappa shape index (κ3) is 3.58. The van der Waals surface area contributed by atoms with E-state index in [4.69, 9.17) is 0 Å². The summed E-state index contributed by atoms with van der Waals surface area (Å²) < 4.78 is 0. The molecule has 160 valence electrons. The van der Waals surface area contributed by atoms with Gasteiger partial charge in [-0.2, -0.15) is 0 Å². The van der Waals surface area contributed by atoms with Crippen LogP contribution in [0, 0.1) is 0 Å². The molecule has 6 rings (SSSR count). The van der Waals surface area contributed by atoms with Crippen LogP contribution < -0.4 is 10.4 Å². The van der Waals surface area contributed by atoms with Gasteiger partial charge in [0.15, 0.2) is 5.78 Å². The molecule has 0 unspecified atom stereocenters. The highest BCUT2D eigenvalue weighted by atomic mass is 16.1. The largest absolute Gasteiger partial charge is 0.289 e. The van der Waals surface area contributed by atoms with E-state index in [1.807, 2.05) is 48.6 Å². The molecule has 0 heterocycles. The molecule has 5 aromatic carbocycles. The number of carbonyl (C=O) groups excluding carboxylic acids is 1. The van der Waals surface area contributed by atoms with Crippen LogP contribution in [0.15, 0.2) is 127 Å². The molecule has 0 N–H and O–H groups in total. The van der Waals surface area contributed by atoms with Crippen molar-refractivity contribution in [2.24, 2.45) is 0 Å². The second kappa shape index (κ2) is 8.46. The Morgan fingerprint density at radius 3 is 1.94 bits per heavy atom. The molecule has 1 aliphatic carbocycles. The minimum Gasteiger partial charge on any atom is -0.289 e. The molecule has 0 saturated heterocycles. The highest BCUT2D eigenvalue weighted by molar-refractivity contribution is 6.24. The summed E-state index contributed by atoms with van der Waals surface area (Å²) in [7, 11) is 0. The molecule has 34 heavy (non-hydrogen) atoms. The summed E-state index contributed by atoms with van der Waals surface area (Å²) in [5, 5.41) is 6.73. The number of ketones is 1. The Labute approximate surface area is 198 Å². The van der Waals surface area contributed by atoms with Crippen molar-refractivity contribution in [2.75, 3.05) is 0 Å². The lowest BCUT2D eigenvalue weighted by atomic mass is 9.93. The zero-order chi connectivity index (χ0) is 22.9. The summed E-state index contributed by atoms with van der Waals surface area (Å²) >= 11 is 0. The van der Waals surface area contributed by atoms with E-state index in [0.717, 1.165) is 37.9 Å². The van der Waals surface area contributed by atoms with E-state index in [-0.39, 0.29) is 5.78 Å². The van der Waals surface area contributed by atoms with Crippen LogP contribution in [0.4, 0.5) is 0 Å². The fraction of sp³-hybridized carbons (Fsp3) is 0. The van der Waals surface area contributed by atoms with Gasteiger partial charge in [0, 0.05) is 5.57 Å². The van der Waals surface area contributed by atoms with Gasteiger partial charge in [-0.25, -0.2) is 0 Å². The molecule has 0 fully saturated rings. The van der Waals surface area contributed by atoms with E-state index in [0.29, 0.717) is 5.57 Å². The first-order chi connectivity index (χ1) is 16.8. The highest BCUT2D eigenvalue weighted by Gasteiger charge is 2.12. The van der Waals surface area contributed by atoms with Crippen molar-refractivity contribution in [3.8, 4) is 0 Å². The molecular formula is C33H22O. The van der Waals surface area contributed by atoms with Crippen LogP contribution in [0.2, 0.25) is 0 Å². The van der Waals surface area contributed by atoms with Crippen LogP contribution in [0.25, 0.3) is 39.3 Å². The van der Waals surface area contributed by atoms with Gasteiger partial charge in [0.25, 0.3) is 0 Å². The van der Waals surface area contributed by atoms with Gasteiger partial charge in [0.05, 0.1) is 0 Å². The number of hydrogen-bond acceptors (Lipinski definition) is 1. The zero-order valence-electron chi connectivity index (χ0n) is 18.6. The molecule has 0 aliphatic heterocycles. The highest BCUT2D eigenvalue weighted by Crippen LogP contribution is 2.25. The molecular weight excluding hydrogens is 412 g/mol. The number of benzene rings is 5. The molecule has 1 heteroatoms. The molecule has 1 nitrogen and oxygen atoms in total. The number of Topliss-reactive ketones (excluding diaryl/α,β-unsaturated/α-hetero) is 1. The second-order valence-corrected chi connectivity index (χ2v) is 8.54. The summed E-state index contributed by atoms with van der Waals surface area (Å²) in [4.78, 5) is 13.2. The maximum absolute atomic E-state index is 13.2. The standard InChI is InChI=1S/C33H22O/c34-32-22-31-27(18-17-26-16-15-25-13-7-8-14-30(25)33(26)31)21-28(32)19-20-29(23-9-3-1-4-10-23)24-11-5-2-6-12-24/h1-22H/b28-19+. The number of rotatable bonds is 3. The minimum atomic E-state index is 0.0321. The Hall–Kier alpha value is -4.49. The lowest BCUT2D eigenvalue weighted by Crippen LogP contribution is -2.30. The van der Waals surface area contributed by atoms with Gasteiger partial charge in [0.1, 0.15) is 0 Å². The van der Waals surface area contributed by atoms with Crippen molar-refractivity contribution in [1.82, 2.24) is 0 Å². The Morgan fingerprint density at radius 2 is 1.21 bits per heavy atom. The first kappa shape index (κ1) is 20.1. The zero-order valence-corrected chi connectivity index (χ0v) is 18.6.